The molecular weight excluding hydrogens is 224 g/mol. The molecule has 16 heavy (non-hydrogen) atoms. The Morgan fingerprint density at radius 3 is 2.38 bits per heavy atom. The normalized spacial score (nSPS) is 10.1. The predicted molar refractivity (Wildman–Crippen MR) is 68.2 cm³/mol. The first kappa shape index (κ1) is 13.0. The van der Waals surface area contributed by atoms with Crippen LogP contribution in [0.3, 0.4) is 0 Å². The molecule has 0 radical (unpaired) electrons. The molecule has 0 aliphatic heterocycles. The molecule has 0 aliphatic rings. The molecular formula is C11H16N2O2S. The second-order valence-corrected chi connectivity index (χ2v) is 4.00. The summed E-state index contributed by atoms with van der Waals surface area (Å²) in [4.78, 5) is 2.90. The predicted octanol–water partition coefficient (Wildman–Crippen LogP) is 1.19. The van der Waals surface area contributed by atoms with E-state index in [1.165, 1.54) is 11.9 Å². The highest BCUT2D eigenvalue weighted by Crippen LogP contribution is 2.30. The number of hydrogen-bond donors (Lipinski definition) is 2. The molecule has 0 aliphatic carbocycles. The van der Waals surface area contributed by atoms with Crippen LogP contribution in [-0.2, 0) is 0 Å². The van der Waals surface area contributed by atoms with E-state index in [4.69, 9.17) is 10.2 Å². The van der Waals surface area contributed by atoms with E-state index in [1.807, 2.05) is 29.2 Å². The van der Waals surface area contributed by atoms with Crippen molar-refractivity contribution in [1.82, 2.24) is 0 Å². The van der Waals surface area contributed by atoms with Crippen molar-refractivity contribution in [2.24, 2.45) is 4.40 Å². The molecule has 0 saturated heterocycles. The van der Waals surface area contributed by atoms with Crippen LogP contribution < -0.4 is 4.90 Å². The van der Waals surface area contributed by atoms with E-state index in [2.05, 4.69) is 11.1 Å². The van der Waals surface area contributed by atoms with Gasteiger partial charge in [-0.05, 0) is 18.9 Å². The number of hydrogen-bond acceptors (Lipinski definition) is 5. The Morgan fingerprint density at radius 1 is 1.19 bits per heavy atom. The van der Waals surface area contributed by atoms with Gasteiger partial charge < -0.3 is 15.1 Å². The van der Waals surface area contributed by atoms with E-state index in [-0.39, 0.29) is 13.2 Å². The summed E-state index contributed by atoms with van der Waals surface area (Å²) in [6.07, 6.45) is 0. The molecule has 0 heterocycles. The standard InChI is InChI=1S/C11H16N2O2S/c1-12-16-11-5-3-2-4-10(11)13(6-8-14)7-9-15/h2-5,14-15H,1,6-9H2. The maximum absolute atomic E-state index is 8.98. The third kappa shape index (κ3) is 3.52. The third-order valence-electron chi connectivity index (χ3n) is 2.11. The average molecular weight is 240 g/mol. The lowest BCUT2D eigenvalue weighted by Gasteiger charge is -2.24. The van der Waals surface area contributed by atoms with Gasteiger partial charge in [0, 0.05) is 25.0 Å². The minimum absolute atomic E-state index is 0.0561. The molecule has 1 aromatic carbocycles. The fourth-order valence-corrected chi connectivity index (χ4v) is 2.03. The maximum Gasteiger partial charge on any atom is 0.0606 e. The van der Waals surface area contributed by atoms with Gasteiger partial charge in [-0.25, -0.2) is 4.40 Å². The van der Waals surface area contributed by atoms with E-state index < -0.39 is 0 Å². The summed E-state index contributed by atoms with van der Waals surface area (Å²) in [6.45, 7) is 4.55. The van der Waals surface area contributed by atoms with Gasteiger partial charge in [-0.3, -0.25) is 0 Å². The Hall–Kier alpha value is -1.04. The number of aliphatic hydroxyl groups excluding tert-OH is 2. The van der Waals surface area contributed by atoms with Crippen molar-refractivity contribution in [3.63, 3.8) is 0 Å². The van der Waals surface area contributed by atoms with E-state index in [0.717, 1.165) is 10.6 Å². The average Bonchev–Trinajstić information content (AvgIpc) is 2.30. The lowest BCUT2D eigenvalue weighted by molar-refractivity contribution is 0.281. The lowest BCUT2D eigenvalue weighted by atomic mass is 10.3. The molecule has 2 N–H and O–H groups in total. The van der Waals surface area contributed by atoms with Crippen LogP contribution in [-0.4, -0.2) is 43.2 Å². The number of aliphatic hydroxyl groups is 2. The molecule has 4 nitrogen and oxygen atoms in total. The molecule has 88 valence electrons. The molecule has 0 atom stereocenters. The van der Waals surface area contributed by atoms with Crippen LogP contribution in [0.2, 0.25) is 0 Å². The monoisotopic (exact) mass is 240 g/mol. The van der Waals surface area contributed by atoms with Crippen molar-refractivity contribution >= 4 is 24.4 Å². The molecule has 0 aromatic heterocycles. The molecule has 0 bridgehead atoms. The van der Waals surface area contributed by atoms with Gasteiger partial charge in [0.15, 0.2) is 0 Å². The van der Waals surface area contributed by atoms with Crippen molar-refractivity contribution < 1.29 is 10.2 Å². The topological polar surface area (TPSA) is 56.1 Å². The van der Waals surface area contributed by atoms with Gasteiger partial charge in [-0.2, -0.15) is 0 Å². The highest BCUT2D eigenvalue weighted by atomic mass is 32.2. The summed E-state index contributed by atoms with van der Waals surface area (Å²) in [5.74, 6) is 0. The quantitative estimate of drug-likeness (QED) is 0.555. The van der Waals surface area contributed by atoms with Crippen LogP contribution in [0.25, 0.3) is 0 Å². The fourth-order valence-electron chi connectivity index (χ4n) is 1.46. The number of rotatable bonds is 7. The lowest BCUT2D eigenvalue weighted by Crippen LogP contribution is -2.30. The summed E-state index contributed by atoms with van der Waals surface area (Å²) in [5.41, 5.74) is 0.961. The third-order valence-corrected chi connectivity index (χ3v) is 2.78. The first-order valence-electron chi connectivity index (χ1n) is 5.02. The number of nitrogens with zero attached hydrogens (tertiary/aromatic N) is 2. The highest BCUT2D eigenvalue weighted by molar-refractivity contribution is 7.98. The van der Waals surface area contributed by atoms with Crippen LogP contribution in [0.4, 0.5) is 5.69 Å². The van der Waals surface area contributed by atoms with Gasteiger partial charge in [0.05, 0.1) is 23.8 Å². The number of para-hydroxylation sites is 1. The van der Waals surface area contributed by atoms with Crippen molar-refractivity contribution in [3.8, 4) is 0 Å². The first-order valence-corrected chi connectivity index (χ1v) is 5.79. The Kier molecular flexibility index (Phi) is 5.92. The van der Waals surface area contributed by atoms with E-state index in [1.54, 1.807) is 0 Å². The second kappa shape index (κ2) is 7.27. The number of anilines is 1. The first-order chi connectivity index (χ1) is 7.83. The van der Waals surface area contributed by atoms with Crippen molar-refractivity contribution in [2.75, 3.05) is 31.2 Å². The van der Waals surface area contributed by atoms with E-state index in [9.17, 15) is 0 Å². The molecule has 0 fully saturated rings. The van der Waals surface area contributed by atoms with Crippen LogP contribution in [0.1, 0.15) is 0 Å². The van der Waals surface area contributed by atoms with Gasteiger partial charge in [0.2, 0.25) is 0 Å². The van der Waals surface area contributed by atoms with Gasteiger partial charge >= 0.3 is 0 Å². The number of benzene rings is 1. The molecule has 1 rings (SSSR count). The summed E-state index contributed by atoms with van der Waals surface area (Å²) in [6, 6.07) is 7.73. The Bertz CT molecular complexity index is 328. The molecule has 1 aromatic rings. The molecule has 0 amide bonds. The zero-order valence-electron chi connectivity index (χ0n) is 9.04. The van der Waals surface area contributed by atoms with E-state index in [0.29, 0.717) is 13.1 Å². The smallest absolute Gasteiger partial charge is 0.0606 e. The van der Waals surface area contributed by atoms with Crippen molar-refractivity contribution in [3.05, 3.63) is 24.3 Å². The minimum Gasteiger partial charge on any atom is -0.395 e. The fraction of sp³-hybridized carbons (Fsp3) is 0.364. The van der Waals surface area contributed by atoms with Crippen LogP contribution in [0.5, 0.6) is 0 Å². The highest BCUT2D eigenvalue weighted by Gasteiger charge is 2.09. The second-order valence-electron chi connectivity index (χ2n) is 3.12. The van der Waals surface area contributed by atoms with E-state index >= 15 is 0 Å². The van der Waals surface area contributed by atoms with Crippen LogP contribution in [0, 0.1) is 0 Å². The zero-order chi connectivity index (χ0) is 11.8. The van der Waals surface area contributed by atoms with Gasteiger partial charge in [-0.15, -0.1) is 0 Å². The zero-order valence-corrected chi connectivity index (χ0v) is 9.86. The molecule has 5 heteroatoms. The minimum atomic E-state index is 0.0561. The van der Waals surface area contributed by atoms with Gasteiger partial charge in [-0.1, -0.05) is 12.1 Å². The maximum atomic E-state index is 8.98. The SMILES string of the molecule is C=NSc1ccccc1N(CCO)CCO. The van der Waals surface area contributed by atoms with Crippen LogP contribution >= 0.6 is 11.9 Å². The van der Waals surface area contributed by atoms with Crippen molar-refractivity contribution in [1.29, 1.82) is 0 Å². The van der Waals surface area contributed by atoms with Crippen molar-refractivity contribution in [2.45, 2.75) is 4.90 Å². The Balaban J connectivity index is 2.92. The van der Waals surface area contributed by atoms with Crippen LogP contribution in [0.15, 0.2) is 33.6 Å². The summed E-state index contributed by atoms with van der Waals surface area (Å²) in [7, 11) is 0. The molecule has 0 unspecified atom stereocenters. The summed E-state index contributed by atoms with van der Waals surface area (Å²) >= 11 is 1.29. The summed E-state index contributed by atoms with van der Waals surface area (Å²) in [5, 5.41) is 18.0. The summed E-state index contributed by atoms with van der Waals surface area (Å²) < 4.78 is 3.78. The van der Waals surface area contributed by atoms with Gasteiger partial charge in [0.25, 0.3) is 0 Å². The Morgan fingerprint density at radius 2 is 1.81 bits per heavy atom. The largest absolute Gasteiger partial charge is 0.395 e. The Labute approximate surface area is 99.8 Å². The van der Waals surface area contributed by atoms with Gasteiger partial charge in [0.1, 0.15) is 0 Å². The molecule has 0 saturated carbocycles. The molecule has 0 spiro atoms.